The van der Waals surface area contributed by atoms with E-state index in [1.54, 1.807) is 24.0 Å². The first-order valence-corrected chi connectivity index (χ1v) is 8.22. The largest absolute Gasteiger partial charge is 0.347 e. The van der Waals surface area contributed by atoms with Crippen LogP contribution in [0, 0.1) is 5.41 Å². The quantitative estimate of drug-likeness (QED) is 0.549. The van der Waals surface area contributed by atoms with Gasteiger partial charge in [0.15, 0.2) is 5.65 Å². The summed E-state index contributed by atoms with van der Waals surface area (Å²) in [5, 5.41) is 11.3. The number of hydrogen-bond donors (Lipinski definition) is 2. The van der Waals surface area contributed by atoms with E-state index in [0.29, 0.717) is 29.3 Å². The van der Waals surface area contributed by atoms with Crippen LogP contribution in [0.2, 0.25) is 0 Å². The van der Waals surface area contributed by atoms with Crippen molar-refractivity contribution in [2.75, 3.05) is 0 Å². The average molecular weight is 348 g/mol. The van der Waals surface area contributed by atoms with Gasteiger partial charge in [0.1, 0.15) is 10.7 Å². The van der Waals surface area contributed by atoms with Gasteiger partial charge in [-0.15, -0.1) is 22.9 Å². The van der Waals surface area contributed by atoms with Crippen LogP contribution in [0.1, 0.15) is 26.6 Å². The number of fused-ring (bicyclic) bond motifs is 1. The summed E-state index contributed by atoms with van der Waals surface area (Å²) in [7, 11) is 1.77. The number of nitrogens with one attached hydrogen (secondary N) is 2. The Bertz CT molecular complexity index is 871. The summed E-state index contributed by atoms with van der Waals surface area (Å²) in [4.78, 5) is 21.0. The summed E-state index contributed by atoms with van der Waals surface area (Å²) in [5.74, 6) is 0.0757. The summed E-state index contributed by atoms with van der Waals surface area (Å²) in [6, 6.07) is 3.71. The molecule has 0 unspecified atom stereocenters. The van der Waals surface area contributed by atoms with Crippen molar-refractivity contribution in [1.29, 1.82) is 5.41 Å². The van der Waals surface area contributed by atoms with Crippen LogP contribution in [0.15, 0.2) is 24.5 Å². The molecule has 23 heavy (non-hydrogen) atoms. The topological polar surface area (TPSA) is 83.7 Å². The first-order chi connectivity index (χ1) is 11.2. The molecule has 3 heterocycles. The van der Waals surface area contributed by atoms with E-state index in [1.807, 2.05) is 12.1 Å². The molecule has 0 saturated carbocycles. The highest BCUT2D eigenvalue weighted by Gasteiger charge is 2.22. The Morgan fingerprint density at radius 3 is 3.04 bits per heavy atom. The molecular weight excluding hydrogens is 334 g/mol. The molecule has 0 spiro atoms. The first kappa shape index (κ1) is 15.6. The smallest absolute Gasteiger partial charge is 0.268 e. The Morgan fingerprint density at radius 2 is 2.39 bits per heavy atom. The predicted octanol–water partition coefficient (Wildman–Crippen LogP) is 2.70. The molecule has 0 aliphatic rings. The number of nitrogens with zero attached hydrogens (tertiary/aromatic N) is 3. The normalized spacial score (nSPS) is 10.9. The van der Waals surface area contributed by atoms with Gasteiger partial charge < -0.3 is 15.3 Å². The van der Waals surface area contributed by atoms with Crippen LogP contribution in [-0.2, 0) is 19.5 Å². The number of rotatable bonds is 5. The standard InChI is InChI=1S/C15H14ClN5OS/c1-21-12(15(22)19-8-9-3-2-4-18-7-9)10(6-17)13-14(21)20-11(5-16)23-13/h2-4,6-7,17H,5,8H2,1H3,(H,19,22). The van der Waals surface area contributed by atoms with Crippen molar-refractivity contribution < 1.29 is 4.79 Å². The summed E-state index contributed by atoms with van der Waals surface area (Å²) < 4.78 is 2.52. The van der Waals surface area contributed by atoms with Crippen LogP contribution < -0.4 is 5.32 Å². The van der Waals surface area contributed by atoms with Gasteiger partial charge in [-0.3, -0.25) is 9.78 Å². The second-order valence-corrected chi connectivity index (χ2v) is 6.25. The van der Waals surface area contributed by atoms with Gasteiger partial charge in [-0.05, 0) is 11.6 Å². The molecule has 1 amide bonds. The fourth-order valence-corrected chi connectivity index (χ4v) is 3.57. The molecule has 0 aliphatic heterocycles. The molecule has 3 rings (SSSR count). The minimum atomic E-state index is -0.243. The highest BCUT2D eigenvalue weighted by atomic mass is 35.5. The molecule has 2 N–H and O–H groups in total. The molecule has 8 heteroatoms. The third kappa shape index (κ3) is 2.85. The zero-order valence-electron chi connectivity index (χ0n) is 12.3. The number of amides is 1. The minimum absolute atomic E-state index is 0.243. The number of alkyl halides is 1. The van der Waals surface area contributed by atoms with Crippen molar-refractivity contribution in [1.82, 2.24) is 19.9 Å². The van der Waals surface area contributed by atoms with Crippen LogP contribution in [0.4, 0.5) is 0 Å². The zero-order valence-corrected chi connectivity index (χ0v) is 13.9. The van der Waals surface area contributed by atoms with Gasteiger partial charge in [-0.1, -0.05) is 6.07 Å². The van der Waals surface area contributed by atoms with Crippen LogP contribution in [0.5, 0.6) is 0 Å². The van der Waals surface area contributed by atoms with Crippen molar-refractivity contribution >= 4 is 45.4 Å². The van der Waals surface area contributed by atoms with E-state index in [1.165, 1.54) is 17.6 Å². The maximum absolute atomic E-state index is 12.5. The molecule has 0 aliphatic carbocycles. The molecule has 118 valence electrons. The molecule has 0 atom stereocenters. The van der Waals surface area contributed by atoms with Crippen molar-refractivity contribution in [2.45, 2.75) is 12.4 Å². The lowest BCUT2D eigenvalue weighted by Gasteiger charge is -2.07. The van der Waals surface area contributed by atoms with Gasteiger partial charge in [0, 0.05) is 37.8 Å². The Labute approximate surface area is 141 Å². The molecule has 0 radical (unpaired) electrons. The number of carbonyl (C=O) groups is 1. The Balaban J connectivity index is 1.92. The summed E-state index contributed by atoms with van der Waals surface area (Å²) in [5.41, 5.74) is 2.59. The first-order valence-electron chi connectivity index (χ1n) is 6.87. The Hall–Kier alpha value is -2.25. The predicted molar refractivity (Wildman–Crippen MR) is 91.4 cm³/mol. The van der Waals surface area contributed by atoms with Crippen LogP contribution in [0.25, 0.3) is 10.3 Å². The SMILES string of the molecule is Cn1c(C(=O)NCc2cccnc2)c(C=N)c2sc(CCl)nc21. The molecule has 6 nitrogen and oxygen atoms in total. The van der Waals surface area contributed by atoms with E-state index >= 15 is 0 Å². The highest BCUT2D eigenvalue weighted by Crippen LogP contribution is 2.30. The van der Waals surface area contributed by atoms with Gasteiger partial charge in [0.25, 0.3) is 5.91 Å². The van der Waals surface area contributed by atoms with Gasteiger partial charge >= 0.3 is 0 Å². The molecule has 0 aromatic carbocycles. The fraction of sp³-hybridized carbons (Fsp3) is 0.200. The number of aryl methyl sites for hydroxylation is 1. The van der Waals surface area contributed by atoms with Gasteiger partial charge in [0.2, 0.25) is 0 Å². The molecule has 0 saturated heterocycles. The van der Waals surface area contributed by atoms with Crippen LogP contribution in [0.3, 0.4) is 0 Å². The van der Waals surface area contributed by atoms with E-state index in [0.717, 1.165) is 15.3 Å². The third-order valence-corrected chi connectivity index (χ3v) is 4.95. The van der Waals surface area contributed by atoms with Gasteiger partial charge in [-0.25, -0.2) is 4.98 Å². The number of aromatic nitrogens is 3. The second-order valence-electron chi connectivity index (χ2n) is 4.90. The van der Waals surface area contributed by atoms with Crippen LogP contribution in [-0.4, -0.2) is 26.7 Å². The van der Waals surface area contributed by atoms with Crippen molar-refractivity contribution in [2.24, 2.45) is 7.05 Å². The zero-order chi connectivity index (χ0) is 16.4. The molecule has 0 bridgehead atoms. The van der Waals surface area contributed by atoms with E-state index in [2.05, 4.69) is 15.3 Å². The number of carbonyl (C=O) groups excluding carboxylic acids is 1. The Morgan fingerprint density at radius 1 is 1.57 bits per heavy atom. The summed E-state index contributed by atoms with van der Waals surface area (Å²) in [6.07, 6.45) is 4.58. The number of pyridine rings is 1. The van der Waals surface area contributed by atoms with E-state index in [9.17, 15) is 4.79 Å². The number of halogens is 1. The fourth-order valence-electron chi connectivity index (χ4n) is 2.39. The molecule has 3 aromatic heterocycles. The maximum atomic E-state index is 12.5. The van der Waals surface area contributed by atoms with Crippen molar-refractivity contribution in [3.05, 3.63) is 46.4 Å². The lowest BCUT2D eigenvalue weighted by atomic mass is 10.2. The van der Waals surface area contributed by atoms with Crippen LogP contribution >= 0.6 is 22.9 Å². The monoisotopic (exact) mass is 347 g/mol. The number of hydrogen-bond acceptors (Lipinski definition) is 5. The summed E-state index contributed by atoms with van der Waals surface area (Å²) >= 11 is 7.23. The van der Waals surface area contributed by atoms with E-state index < -0.39 is 0 Å². The molecule has 3 aromatic rings. The van der Waals surface area contributed by atoms with E-state index in [-0.39, 0.29) is 5.91 Å². The number of thiazole rings is 1. The lowest BCUT2D eigenvalue weighted by molar-refractivity contribution is 0.0943. The molecule has 0 fully saturated rings. The Kier molecular flexibility index (Phi) is 4.40. The van der Waals surface area contributed by atoms with Crippen molar-refractivity contribution in [3.63, 3.8) is 0 Å². The minimum Gasteiger partial charge on any atom is -0.347 e. The third-order valence-electron chi connectivity index (χ3n) is 3.46. The van der Waals surface area contributed by atoms with Gasteiger partial charge in [-0.2, -0.15) is 0 Å². The van der Waals surface area contributed by atoms with E-state index in [4.69, 9.17) is 17.0 Å². The maximum Gasteiger partial charge on any atom is 0.268 e. The lowest BCUT2D eigenvalue weighted by Crippen LogP contribution is -2.26. The van der Waals surface area contributed by atoms with Crippen molar-refractivity contribution in [3.8, 4) is 0 Å². The average Bonchev–Trinajstić information content (AvgIpc) is 3.11. The van der Waals surface area contributed by atoms with Gasteiger partial charge in [0.05, 0.1) is 10.6 Å². The highest BCUT2D eigenvalue weighted by molar-refractivity contribution is 7.19. The summed E-state index contributed by atoms with van der Waals surface area (Å²) in [6.45, 7) is 0.378. The molecular formula is C15H14ClN5OS. The second kappa shape index (κ2) is 6.47.